The van der Waals surface area contributed by atoms with Crippen molar-refractivity contribution in [3.05, 3.63) is 53.6 Å². The molecule has 1 fully saturated rings. The predicted molar refractivity (Wildman–Crippen MR) is 147 cm³/mol. The van der Waals surface area contributed by atoms with Crippen molar-refractivity contribution in [1.29, 1.82) is 0 Å². The molecule has 0 aliphatic heterocycles. The first-order chi connectivity index (χ1) is 17.4. The van der Waals surface area contributed by atoms with Gasteiger partial charge in [0, 0.05) is 29.4 Å². The van der Waals surface area contributed by atoms with Crippen molar-refractivity contribution in [3.8, 4) is 5.75 Å². The lowest BCUT2D eigenvalue weighted by Crippen LogP contribution is -2.49. The maximum absolute atomic E-state index is 13.2. The van der Waals surface area contributed by atoms with Gasteiger partial charge in [-0.05, 0) is 47.8 Å². The van der Waals surface area contributed by atoms with Crippen LogP contribution in [0.1, 0.15) is 71.9 Å². The molecule has 1 spiro atoms. The summed E-state index contributed by atoms with van der Waals surface area (Å²) in [7, 11) is 0. The van der Waals surface area contributed by atoms with E-state index in [1.807, 2.05) is 6.08 Å². The Hall–Kier alpha value is -2.40. The third-order valence-corrected chi connectivity index (χ3v) is 9.82. The van der Waals surface area contributed by atoms with Crippen LogP contribution >= 0.6 is 11.6 Å². The van der Waals surface area contributed by atoms with Crippen molar-refractivity contribution < 1.29 is 19.1 Å². The molecule has 5 unspecified atom stereocenters. The summed E-state index contributed by atoms with van der Waals surface area (Å²) in [5, 5.41) is 2.08. The van der Waals surface area contributed by atoms with Gasteiger partial charge < -0.3 is 10.1 Å². The normalized spacial score (nSPS) is 28.5. The second-order valence-corrected chi connectivity index (χ2v) is 12.5. The van der Waals surface area contributed by atoms with Gasteiger partial charge in [-0.3, -0.25) is 14.4 Å². The molecule has 4 rings (SSSR count). The van der Waals surface area contributed by atoms with Gasteiger partial charge in [0.2, 0.25) is 5.91 Å². The average Bonchev–Trinajstić information content (AvgIpc) is 3.38. The van der Waals surface area contributed by atoms with Crippen LogP contribution in [-0.2, 0) is 25.2 Å². The first-order valence-corrected chi connectivity index (χ1v) is 14.0. The number of Topliss-reactive ketones (excluding diaryl/α,β-unsaturated/α-hetero) is 1. The summed E-state index contributed by atoms with van der Waals surface area (Å²) in [5.74, 6) is -1.29. The van der Waals surface area contributed by atoms with Gasteiger partial charge in [-0.1, -0.05) is 71.9 Å². The molecule has 2 bridgehead atoms. The molecule has 1 N–H and O–H groups in total. The highest BCUT2D eigenvalue weighted by atomic mass is 35.5. The molecule has 1 aromatic carbocycles. The van der Waals surface area contributed by atoms with Gasteiger partial charge in [-0.25, -0.2) is 0 Å². The summed E-state index contributed by atoms with van der Waals surface area (Å²) in [6.07, 6.45) is 9.27. The van der Waals surface area contributed by atoms with Crippen LogP contribution in [0.4, 0.5) is 0 Å². The van der Waals surface area contributed by atoms with E-state index in [1.54, 1.807) is 12.2 Å². The summed E-state index contributed by atoms with van der Waals surface area (Å²) < 4.78 is 6.23. The minimum Gasteiger partial charge on any atom is -0.493 e. The quantitative estimate of drug-likeness (QED) is 0.242. The molecule has 5 atom stereocenters. The number of ketones is 2. The van der Waals surface area contributed by atoms with E-state index in [0.717, 1.165) is 18.6 Å². The number of halogens is 1. The molecule has 0 saturated heterocycles. The summed E-state index contributed by atoms with van der Waals surface area (Å²) >= 11 is 6.52. The monoisotopic (exact) mass is 525 g/mol. The Kier molecular flexibility index (Phi) is 7.51. The van der Waals surface area contributed by atoms with Crippen LogP contribution in [0.5, 0.6) is 5.75 Å². The first kappa shape index (κ1) is 27.6. The largest absolute Gasteiger partial charge is 0.493 e. The highest BCUT2D eigenvalue weighted by molar-refractivity contribution is 6.35. The van der Waals surface area contributed by atoms with Gasteiger partial charge >= 0.3 is 0 Å². The Morgan fingerprint density at radius 3 is 2.46 bits per heavy atom. The molecule has 3 aliphatic rings. The Labute approximate surface area is 226 Å². The maximum atomic E-state index is 13.2. The minimum absolute atomic E-state index is 0.0233. The Balaban J connectivity index is 1.39. The van der Waals surface area contributed by atoms with Gasteiger partial charge in [0.05, 0.1) is 12.5 Å². The number of hydrogen-bond acceptors (Lipinski definition) is 4. The molecular formula is C31H40ClNO4. The van der Waals surface area contributed by atoms with Crippen molar-refractivity contribution in [2.75, 3.05) is 13.2 Å². The Bertz CT molecular complexity index is 1150. The molecule has 3 aliphatic carbocycles. The van der Waals surface area contributed by atoms with Crippen LogP contribution in [0, 0.1) is 23.2 Å². The van der Waals surface area contributed by atoms with E-state index in [9.17, 15) is 14.4 Å². The number of nitrogens with one attached hydrogen (secondary N) is 1. The second kappa shape index (κ2) is 10.1. The molecule has 5 nitrogen and oxygen atoms in total. The average molecular weight is 526 g/mol. The number of rotatable bonds is 10. The van der Waals surface area contributed by atoms with Crippen LogP contribution < -0.4 is 10.1 Å². The minimum atomic E-state index is -0.954. The van der Waals surface area contributed by atoms with Crippen LogP contribution in [0.25, 0.3) is 0 Å². The van der Waals surface area contributed by atoms with Crippen LogP contribution in [-0.4, -0.2) is 36.0 Å². The molecule has 1 aromatic rings. The zero-order valence-electron chi connectivity index (χ0n) is 22.9. The van der Waals surface area contributed by atoms with Crippen LogP contribution in [0.2, 0.25) is 0 Å². The van der Waals surface area contributed by atoms with E-state index in [2.05, 4.69) is 65.1 Å². The zero-order chi connectivity index (χ0) is 27.2. The standard InChI is InChI=1S/C31H40ClNO4/c1-7-29(3,4)19-10-13-24(22(18-19)30(5,6)8-2)37-17-9-16-33-28(36)25-20-14-15-31(25)21(26(20)35)11-12-23(34)27(31)32/h10-15,18,20-21,25,27H,7-9,16-17H2,1-6H3,(H,33,36). The lowest BCUT2D eigenvalue weighted by Gasteiger charge is -2.38. The Morgan fingerprint density at radius 1 is 1.08 bits per heavy atom. The lowest BCUT2D eigenvalue weighted by molar-refractivity contribution is -0.130. The van der Waals surface area contributed by atoms with Gasteiger partial charge in [0.25, 0.3) is 0 Å². The smallest absolute Gasteiger partial charge is 0.225 e. The summed E-state index contributed by atoms with van der Waals surface area (Å²) in [5.41, 5.74) is 1.64. The number of hydrogen-bond donors (Lipinski definition) is 1. The van der Waals surface area contributed by atoms with Crippen molar-refractivity contribution in [1.82, 2.24) is 5.32 Å². The van der Waals surface area contributed by atoms with E-state index < -0.39 is 28.5 Å². The SMILES string of the molecule is CCC(C)(C)c1ccc(OCCCNC(=O)C2C3C=CC24C(Cl)C(=O)C=CC4C3=O)c(C(C)(C)CC)c1. The summed E-state index contributed by atoms with van der Waals surface area (Å²) in [6, 6.07) is 6.54. The van der Waals surface area contributed by atoms with Gasteiger partial charge in [-0.2, -0.15) is 0 Å². The molecule has 200 valence electrons. The highest BCUT2D eigenvalue weighted by Crippen LogP contribution is 2.60. The second-order valence-electron chi connectivity index (χ2n) is 12.0. The fourth-order valence-electron chi connectivity index (χ4n) is 5.96. The molecule has 1 saturated carbocycles. The number of carbonyl (C=O) groups is 3. The molecule has 37 heavy (non-hydrogen) atoms. The molecular weight excluding hydrogens is 486 g/mol. The number of fused-ring (bicyclic) bond motifs is 1. The third-order valence-electron chi connectivity index (χ3n) is 9.22. The summed E-state index contributed by atoms with van der Waals surface area (Å²) in [6.45, 7) is 14.3. The van der Waals surface area contributed by atoms with Crippen molar-refractivity contribution in [2.24, 2.45) is 23.2 Å². The number of ether oxygens (including phenoxy) is 1. The maximum Gasteiger partial charge on any atom is 0.225 e. The van der Waals surface area contributed by atoms with E-state index >= 15 is 0 Å². The van der Waals surface area contributed by atoms with E-state index in [0.29, 0.717) is 19.6 Å². The van der Waals surface area contributed by atoms with Crippen molar-refractivity contribution >= 4 is 29.1 Å². The topological polar surface area (TPSA) is 72.5 Å². The number of carbonyl (C=O) groups excluding carboxylic acids is 3. The van der Waals surface area contributed by atoms with Gasteiger partial charge in [0.15, 0.2) is 5.78 Å². The number of alkyl halides is 1. The molecule has 0 heterocycles. The predicted octanol–water partition coefficient (Wildman–Crippen LogP) is 5.68. The fraction of sp³-hybridized carbons (Fsp3) is 0.581. The number of benzene rings is 1. The van der Waals surface area contributed by atoms with Gasteiger partial charge in [0.1, 0.15) is 16.9 Å². The van der Waals surface area contributed by atoms with Gasteiger partial charge in [-0.15, -0.1) is 11.6 Å². The highest BCUT2D eigenvalue weighted by Gasteiger charge is 2.68. The molecule has 0 radical (unpaired) electrons. The van der Waals surface area contributed by atoms with E-state index in [1.165, 1.54) is 17.2 Å². The lowest BCUT2D eigenvalue weighted by atomic mass is 9.66. The molecule has 6 heteroatoms. The third kappa shape index (κ3) is 4.58. The molecule has 1 amide bonds. The Morgan fingerprint density at radius 2 is 1.78 bits per heavy atom. The fourth-order valence-corrected chi connectivity index (χ4v) is 6.37. The summed E-state index contributed by atoms with van der Waals surface area (Å²) in [4.78, 5) is 38.4. The van der Waals surface area contributed by atoms with Crippen LogP contribution in [0.3, 0.4) is 0 Å². The van der Waals surface area contributed by atoms with Crippen molar-refractivity contribution in [3.63, 3.8) is 0 Å². The molecule has 0 aromatic heterocycles. The number of amides is 1. The first-order valence-electron chi connectivity index (χ1n) is 13.6. The zero-order valence-corrected chi connectivity index (χ0v) is 23.7. The number of allylic oxidation sites excluding steroid dienone is 4. The van der Waals surface area contributed by atoms with Crippen LogP contribution in [0.15, 0.2) is 42.5 Å². The van der Waals surface area contributed by atoms with Crippen molar-refractivity contribution in [2.45, 2.75) is 77.0 Å². The van der Waals surface area contributed by atoms with E-state index in [-0.39, 0.29) is 28.3 Å². The van der Waals surface area contributed by atoms with E-state index in [4.69, 9.17) is 16.3 Å².